The highest BCUT2D eigenvalue weighted by molar-refractivity contribution is 5.88. The Bertz CT molecular complexity index is 481. The van der Waals surface area contributed by atoms with Crippen LogP contribution in [-0.4, -0.2) is 35.7 Å². The van der Waals surface area contributed by atoms with Gasteiger partial charge < -0.3 is 9.84 Å². The van der Waals surface area contributed by atoms with Crippen molar-refractivity contribution in [3.63, 3.8) is 0 Å². The first-order chi connectivity index (χ1) is 9.51. The van der Waals surface area contributed by atoms with Crippen LogP contribution in [0, 0.1) is 5.92 Å². The fraction of sp³-hybridized carbons (Fsp3) is 0.562. The van der Waals surface area contributed by atoms with Crippen molar-refractivity contribution in [3.05, 3.63) is 29.3 Å². The highest BCUT2D eigenvalue weighted by Gasteiger charge is 2.26. The van der Waals surface area contributed by atoms with E-state index in [1.54, 1.807) is 25.3 Å². The van der Waals surface area contributed by atoms with Crippen molar-refractivity contribution in [2.24, 2.45) is 5.92 Å². The van der Waals surface area contributed by atoms with Crippen LogP contribution >= 0.6 is 0 Å². The lowest BCUT2D eigenvalue weighted by Crippen LogP contribution is -2.32. The maximum Gasteiger partial charge on any atom is 0.335 e. The number of carboxylic acid groups (broad SMARTS) is 1. The second-order valence-corrected chi connectivity index (χ2v) is 5.80. The van der Waals surface area contributed by atoms with E-state index in [4.69, 9.17) is 9.84 Å². The third-order valence-corrected chi connectivity index (χ3v) is 3.82. The zero-order valence-corrected chi connectivity index (χ0v) is 12.4. The normalized spacial score (nSPS) is 14.8. The fourth-order valence-corrected chi connectivity index (χ4v) is 2.34. The van der Waals surface area contributed by atoms with Crippen molar-refractivity contribution in [2.75, 3.05) is 13.7 Å². The van der Waals surface area contributed by atoms with E-state index in [2.05, 4.69) is 18.7 Å². The summed E-state index contributed by atoms with van der Waals surface area (Å²) in [5.41, 5.74) is 1.26. The van der Waals surface area contributed by atoms with Crippen molar-refractivity contribution in [2.45, 2.75) is 39.3 Å². The maximum absolute atomic E-state index is 11.1. The lowest BCUT2D eigenvalue weighted by molar-refractivity contribution is 0.0696. The number of rotatable bonds is 7. The summed E-state index contributed by atoms with van der Waals surface area (Å²) in [6.45, 7) is 6.17. The van der Waals surface area contributed by atoms with Crippen LogP contribution in [0.5, 0.6) is 5.75 Å². The second kappa shape index (κ2) is 6.27. The van der Waals surface area contributed by atoms with Gasteiger partial charge in [-0.15, -0.1) is 0 Å². The Morgan fingerprint density at radius 2 is 2.15 bits per heavy atom. The molecule has 1 fully saturated rings. The standard InChI is InChI=1S/C16H23NO3/c1-11(2)17(9-12-4-5-12)10-14-8-13(16(18)19)6-7-15(14)20-3/h6-8,11-12H,4-5,9-10H2,1-3H3,(H,18,19). The number of aromatic carboxylic acids is 1. The van der Waals surface area contributed by atoms with Crippen molar-refractivity contribution >= 4 is 5.97 Å². The summed E-state index contributed by atoms with van der Waals surface area (Å²) < 4.78 is 5.36. The van der Waals surface area contributed by atoms with Crippen molar-refractivity contribution in [1.29, 1.82) is 0 Å². The van der Waals surface area contributed by atoms with Gasteiger partial charge in [-0.1, -0.05) is 0 Å². The minimum absolute atomic E-state index is 0.316. The van der Waals surface area contributed by atoms with Gasteiger partial charge in [0.1, 0.15) is 5.75 Å². The van der Waals surface area contributed by atoms with E-state index in [-0.39, 0.29) is 0 Å². The van der Waals surface area contributed by atoms with E-state index >= 15 is 0 Å². The third kappa shape index (κ3) is 3.73. The van der Waals surface area contributed by atoms with E-state index in [1.807, 2.05) is 0 Å². The molecule has 0 saturated heterocycles. The van der Waals surface area contributed by atoms with Gasteiger partial charge in [-0.2, -0.15) is 0 Å². The van der Waals surface area contributed by atoms with Crippen LogP contribution < -0.4 is 4.74 Å². The van der Waals surface area contributed by atoms with Gasteiger partial charge in [0, 0.05) is 24.7 Å². The van der Waals surface area contributed by atoms with Crippen LogP contribution in [0.2, 0.25) is 0 Å². The topological polar surface area (TPSA) is 49.8 Å². The molecule has 1 aromatic carbocycles. The van der Waals surface area contributed by atoms with Crippen LogP contribution in [0.1, 0.15) is 42.6 Å². The van der Waals surface area contributed by atoms with Gasteiger partial charge in [0.2, 0.25) is 0 Å². The van der Waals surface area contributed by atoms with E-state index in [0.29, 0.717) is 11.6 Å². The number of hydrogen-bond acceptors (Lipinski definition) is 3. The van der Waals surface area contributed by atoms with E-state index in [1.165, 1.54) is 12.8 Å². The molecular weight excluding hydrogens is 254 g/mol. The number of ether oxygens (including phenoxy) is 1. The molecule has 1 aliphatic carbocycles. The van der Waals surface area contributed by atoms with Gasteiger partial charge in [0.25, 0.3) is 0 Å². The monoisotopic (exact) mass is 277 g/mol. The predicted molar refractivity (Wildman–Crippen MR) is 78.2 cm³/mol. The Morgan fingerprint density at radius 3 is 2.65 bits per heavy atom. The summed E-state index contributed by atoms with van der Waals surface area (Å²) in [5.74, 6) is 0.676. The summed E-state index contributed by atoms with van der Waals surface area (Å²) in [4.78, 5) is 13.5. The molecule has 0 aliphatic heterocycles. The highest BCUT2D eigenvalue weighted by atomic mass is 16.5. The second-order valence-electron chi connectivity index (χ2n) is 5.80. The summed E-state index contributed by atoms with van der Waals surface area (Å²) in [6, 6.07) is 5.50. The minimum atomic E-state index is -0.896. The first-order valence-electron chi connectivity index (χ1n) is 7.15. The Hall–Kier alpha value is -1.55. The Balaban J connectivity index is 2.19. The van der Waals surface area contributed by atoms with Crippen LogP contribution in [0.15, 0.2) is 18.2 Å². The zero-order chi connectivity index (χ0) is 14.7. The minimum Gasteiger partial charge on any atom is -0.496 e. The Kier molecular flexibility index (Phi) is 4.65. The smallest absolute Gasteiger partial charge is 0.335 e. The molecule has 0 heterocycles. The maximum atomic E-state index is 11.1. The van der Waals surface area contributed by atoms with Crippen molar-refractivity contribution < 1.29 is 14.6 Å². The first-order valence-corrected chi connectivity index (χ1v) is 7.15. The van der Waals surface area contributed by atoms with Crippen LogP contribution in [-0.2, 0) is 6.54 Å². The lowest BCUT2D eigenvalue weighted by atomic mass is 10.1. The number of nitrogens with zero attached hydrogens (tertiary/aromatic N) is 1. The molecule has 0 radical (unpaired) electrons. The Labute approximate surface area is 120 Å². The van der Waals surface area contributed by atoms with Gasteiger partial charge in [-0.3, -0.25) is 4.90 Å². The van der Waals surface area contributed by atoms with E-state index in [0.717, 1.165) is 30.3 Å². The van der Waals surface area contributed by atoms with Crippen LogP contribution in [0.25, 0.3) is 0 Å². The molecular formula is C16H23NO3. The molecule has 1 saturated carbocycles. The van der Waals surface area contributed by atoms with Gasteiger partial charge >= 0.3 is 5.97 Å². The molecule has 1 aromatic rings. The van der Waals surface area contributed by atoms with Crippen LogP contribution in [0.4, 0.5) is 0 Å². The molecule has 4 nitrogen and oxygen atoms in total. The molecule has 0 amide bonds. The van der Waals surface area contributed by atoms with Gasteiger partial charge in [0.15, 0.2) is 0 Å². The molecule has 0 unspecified atom stereocenters. The average molecular weight is 277 g/mol. The number of carbonyl (C=O) groups is 1. The highest BCUT2D eigenvalue weighted by Crippen LogP contribution is 2.31. The van der Waals surface area contributed by atoms with Gasteiger partial charge in [0.05, 0.1) is 12.7 Å². The fourth-order valence-electron chi connectivity index (χ4n) is 2.34. The van der Waals surface area contributed by atoms with E-state index in [9.17, 15) is 4.79 Å². The number of methoxy groups -OCH3 is 1. The zero-order valence-electron chi connectivity index (χ0n) is 12.4. The molecule has 0 spiro atoms. The number of benzene rings is 1. The number of carboxylic acids is 1. The molecule has 0 aromatic heterocycles. The van der Waals surface area contributed by atoms with Crippen molar-refractivity contribution in [1.82, 2.24) is 4.90 Å². The van der Waals surface area contributed by atoms with Gasteiger partial charge in [-0.05, 0) is 50.8 Å². The number of hydrogen-bond donors (Lipinski definition) is 1. The molecule has 1 aliphatic rings. The van der Waals surface area contributed by atoms with E-state index < -0.39 is 5.97 Å². The molecule has 0 atom stereocenters. The summed E-state index contributed by atoms with van der Waals surface area (Å²) in [5, 5.41) is 9.12. The molecule has 110 valence electrons. The molecule has 20 heavy (non-hydrogen) atoms. The van der Waals surface area contributed by atoms with Crippen LogP contribution in [0.3, 0.4) is 0 Å². The summed E-state index contributed by atoms with van der Waals surface area (Å²) in [7, 11) is 1.62. The molecule has 4 heteroatoms. The van der Waals surface area contributed by atoms with Gasteiger partial charge in [-0.25, -0.2) is 4.79 Å². The molecule has 1 N–H and O–H groups in total. The SMILES string of the molecule is COc1ccc(C(=O)O)cc1CN(CC1CC1)C(C)C. The quantitative estimate of drug-likeness (QED) is 0.832. The molecule has 0 bridgehead atoms. The first kappa shape index (κ1) is 14.9. The summed E-state index contributed by atoms with van der Waals surface area (Å²) >= 11 is 0. The Morgan fingerprint density at radius 1 is 1.45 bits per heavy atom. The largest absolute Gasteiger partial charge is 0.496 e. The third-order valence-electron chi connectivity index (χ3n) is 3.82. The predicted octanol–water partition coefficient (Wildman–Crippen LogP) is 3.01. The summed E-state index contributed by atoms with van der Waals surface area (Å²) in [6.07, 6.45) is 2.63. The van der Waals surface area contributed by atoms with Crippen molar-refractivity contribution in [3.8, 4) is 5.75 Å². The average Bonchev–Trinajstić information content (AvgIpc) is 3.21. The molecule has 2 rings (SSSR count). The lowest BCUT2D eigenvalue weighted by Gasteiger charge is -2.27.